The zero-order valence-electron chi connectivity index (χ0n) is 13.4. The van der Waals surface area contributed by atoms with Gasteiger partial charge in [-0.15, -0.1) is 0 Å². The highest BCUT2D eigenvalue weighted by atomic mass is 35.5. The summed E-state index contributed by atoms with van der Waals surface area (Å²) in [6.45, 7) is 0. The van der Waals surface area contributed by atoms with Crippen LogP contribution in [0.4, 0.5) is 0 Å². The SMILES string of the molecule is COc1ccc(-c2c(Cl)ccc3c2C(=O)c2ccccc2C3=O)cc1. The predicted molar refractivity (Wildman–Crippen MR) is 96.7 cm³/mol. The number of carbonyl (C=O) groups excluding carboxylic acids is 2. The van der Waals surface area contributed by atoms with Crippen molar-refractivity contribution in [1.29, 1.82) is 0 Å². The van der Waals surface area contributed by atoms with E-state index < -0.39 is 0 Å². The Balaban J connectivity index is 1.99. The van der Waals surface area contributed by atoms with E-state index in [1.807, 2.05) is 12.1 Å². The summed E-state index contributed by atoms with van der Waals surface area (Å²) in [6.07, 6.45) is 0. The maximum absolute atomic E-state index is 13.1. The van der Waals surface area contributed by atoms with Crippen molar-refractivity contribution in [2.75, 3.05) is 7.11 Å². The van der Waals surface area contributed by atoms with Crippen LogP contribution in [0.5, 0.6) is 5.75 Å². The molecular weight excluding hydrogens is 336 g/mol. The second kappa shape index (κ2) is 5.87. The van der Waals surface area contributed by atoms with Gasteiger partial charge in [-0.25, -0.2) is 0 Å². The van der Waals surface area contributed by atoms with Crippen molar-refractivity contribution in [3.05, 3.63) is 87.9 Å². The van der Waals surface area contributed by atoms with E-state index >= 15 is 0 Å². The van der Waals surface area contributed by atoms with E-state index in [4.69, 9.17) is 16.3 Å². The van der Waals surface area contributed by atoms with Crippen LogP contribution in [0.25, 0.3) is 11.1 Å². The Morgan fingerprint density at radius 3 is 2.00 bits per heavy atom. The quantitative estimate of drug-likeness (QED) is 0.523. The van der Waals surface area contributed by atoms with E-state index in [1.165, 1.54) is 0 Å². The lowest BCUT2D eigenvalue weighted by atomic mass is 9.80. The fourth-order valence-electron chi connectivity index (χ4n) is 3.20. The molecule has 3 nitrogen and oxygen atoms in total. The van der Waals surface area contributed by atoms with Crippen molar-refractivity contribution in [3.8, 4) is 16.9 Å². The molecule has 122 valence electrons. The molecule has 0 saturated heterocycles. The molecule has 0 aliphatic heterocycles. The first-order valence-corrected chi connectivity index (χ1v) is 8.15. The first kappa shape index (κ1) is 15.6. The molecule has 0 aromatic heterocycles. The van der Waals surface area contributed by atoms with Gasteiger partial charge in [-0.1, -0.05) is 48.0 Å². The topological polar surface area (TPSA) is 43.4 Å². The second-order valence-corrected chi connectivity index (χ2v) is 6.18. The molecule has 0 fully saturated rings. The number of rotatable bonds is 2. The Morgan fingerprint density at radius 1 is 0.720 bits per heavy atom. The number of carbonyl (C=O) groups is 2. The molecule has 0 unspecified atom stereocenters. The van der Waals surface area contributed by atoms with E-state index in [-0.39, 0.29) is 11.6 Å². The zero-order chi connectivity index (χ0) is 17.6. The molecule has 0 heterocycles. The monoisotopic (exact) mass is 348 g/mol. The predicted octanol–water partition coefficient (Wildman–Crippen LogP) is 4.79. The lowest BCUT2D eigenvalue weighted by molar-refractivity contribution is 0.0979. The largest absolute Gasteiger partial charge is 0.497 e. The third-order valence-electron chi connectivity index (χ3n) is 4.42. The molecule has 1 aliphatic carbocycles. The number of halogens is 1. The molecule has 0 spiro atoms. The summed E-state index contributed by atoms with van der Waals surface area (Å²) in [5, 5.41) is 0.435. The summed E-state index contributed by atoms with van der Waals surface area (Å²) in [5.41, 5.74) is 2.94. The second-order valence-electron chi connectivity index (χ2n) is 5.78. The van der Waals surface area contributed by atoms with Gasteiger partial charge in [0.1, 0.15) is 5.75 Å². The van der Waals surface area contributed by atoms with Gasteiger partial charge in [0.2, 0.25) is 0 Å². The van der Waals surface area contributed by atoms with Gasteiger partial charge in [-0.3, -0.25) is 9.59 Å². The summed E-state index contributed by atoms with van der Waals surface area (Å²) >= 11 is 6.41. The first-order chi connectivity index (χ1) is 12.1. The maximum Gasteiger partial charge on any atom is 0.195 e. The maximum atomic E-state index is 13.1. The van der Waals surface area contributed by atoms with Crippen LogP contribution in [-0.4, -0.2) is 18.7 Å². The van der Waals surface area contributed by atoms with Crippen molar-refractivity contribution < 1.29 is 14.3 Å². The Labute approximate surface area is 149 Å². The Morgan fingerprint density at radius 2 is 1.36 bits per heavy atom. The number of fused-ring (bicyclic) bond motifs is 2. The highest BCUT2D eigenvalue weighted by molar-refractivity contribution is 6.37. The van der Waals surface area contributed by atoms with Crippen LogP contribution in [0.15, 0.2) is 60.7 Å². The minimum Gasteiger partial charge on any atom is -0.497 e. The van der Waals surface area contributed by atoms with E-state index in [0.717, 1.165) is 5.56 Å². The van der Waals surface area contributed by atoms with Crippen molar-refractivity contribution in [2.24, 2.45) is 0 Å². The summed E-state index contributed by atoms with van der Waals surface area (Å²) in [7, 11) is 1.59. The van der Waals surface area contributed by atoms with Crippen LogP contribution in [0.2, 0.25) is 5.02 Å². The van der Waals surface area contributed by atoms with Gasteiger partial charge in [0, 0.05) is 32.8 Å². The smallest absolute Gasteiger partial charge is 0.195 e. The fourth-order valence-corrected chi connectivity index (χ4v) is 3.47. The van der Waals surface area contributed by atoms with Crippen LogP contribution < -0.4 is 4.74 Å². The average Bonchev–Trinajstić information content (AvgIpc) is 2.66. The van der Waals surface area contributed by atoms with Gasteiger partial charge in [-0.05, 0) is 29.8 Å². The van der Waals surface area contributed by atoms with E-state index in [2.05, 4.69) is 0 Å². The highest BCUT2D eigenvalue weighted by Crippen LogP contribution is 2.39. The van der Waals surface area contributed by atoms with E-state index in [0.29, 0.717) is 38.6 Å². The molecule has 0 bridgehead atoms. The van der Waals surface area contributed by atoms with Gasteiger partial charge in [0.25, 0.3) is 0 Å². The number of ether oxygens (including phenoxy) is 1. The summed E-state index contributed by atoms with van der Waals surface area (Å²) < 4.78 is 5.18. The molecule has 0 saturated carbocycles. The van der Waals surface area contributed by atoms with Crippen LogP contribution in [0, 0.1) is 0 Å². The van der Waals surface area contributed by atoms with Gasteiger partial charge in [0.15, 0.2) is 11.6 Å². The number of hydrogen-bond acceptors (Lipinski definition) is 3. The normalized spacial score (nSPS) is 12.6. The molecule has 0 radical (unpaired) electrons. The summed E-state index contributed by atoms with van der Waals surface area (Å²) in [4.78, 5) is 25.9. The zero-order valence-corrected chi connectivity index (χ0v) is 14.1. The van der Waals surface area contributed by atoms with Crippen LogP contribution in [0.1, 0.15) is 31.8 Å². The van der Waals surface area contributed by atoms with Crippen LogP contribution in [-0.2, 0) is 0 Å². The van der Waals surface area contributed by atoms with E-state index in [1.54, 1.807) is 55.6 Å². The van der Waals surface area contributed by atoms with Crippen molar-refractivity contribution in [3.63, 3.8) is 0 Å². The molecule has 0 atom stereocenters. The molecular formula is C21H13ClO3. The van der Waals surface area contributed by atoms with Crippen molar-refractivity contribution >= 4 is 23.2 Å². The third-order valence-corrected chi connectivity index (χ3v) is 4.74. The fraction of sp³-hybridized carbons (Fsp3) is 0.0476. The van der Waals surface area contributed by atoms with Gasteiger partial charge < -0.3 is 4.74 Å². The first-order valence-electron chi connectivity index (χ1n) is 7.77. The van der Waals surface area contributed by atoms with Gasteiger partial charge in [-0.2, -0.15) is 0 Å². The number of ketones is 2. The number of benzene rings is 3. The van der Waals surface area contributed by atoms with Gasteiger partial charge in [0.05, 0.1) is 7.11 Å². The van der Waals surface area contributed by atoms with Crippen molar-refractivity contribution in [2.45, 2.75) is 0 Å². The molecule has 0 N–H and O–H groups in total. The van der Waals surface area contributed by atoms with Crippen molar-refractivity contribution in [1.82, 2.24) is 0 Å². The van der Waals surface area contributed by atoms with Crippen LogP contribution in [0.3, 0.4) is 0 Å². The molecule has 1 aliphatic rings. The molecule has 4 rings (SSSR count). The highest BCUT2D eigenvalue weighted by Gasteiger charge is 2.32. The average molecular weight is 349 g/mol. The Hall–Kier alpha value is -2.91. The molecule has 3 aromatic rings. The Bertz CT molecular complexity index is 1020. The number of methoxy groups -OCH3 is 1. The molecule has 4 heteroatoms. The van der Waals surface area contributed by atoms with Gasteiger partial charge >= 0.3 is 0 Å². The Kier molecular flexibility index (Phi) is 3.66. The van der Waals surface area contributed by atoms with Crippen LogP contribution >= 0.6 is 11.6 Å². The lowest BCUT2D eigenvalue weighted by Crippen LogP contribution is -2.21. The standard InChI is InChI=1S/C21H13ClO3/c1-25-13-8-6-12(7-9-13)18-17(22)11-10-16-19(18)21(24)15-5-3-2-4-14(15)20(16)23/h2-11H,1H3. The third kappa shape index (κ3) is 2.36. The molecule has 3 aromatic carbocycles. The summed E-state index contributed by atoms with van der Waals surface area (Å²) in [5.74, 6) is 0.368. The minimum absolute atomic E-state index is 0.156. The van der Waals surface area contributed by atoms with E-state index in [9.17, 15) is 9.59 Å². The molecule has 0 amide bonds. The lowest BCUT2D eigenvalue weighted by Gasteiger charge is -2.21. The summed E-state index contributed by atoms with van der Waals surface area (Å²) in [6, 6.07) is 17.4. The number of hydrogen-bond donors (Lipinski definition) is 0. The minimum atomic E-state index is -0.182. The molecule has 25 heavy (non-hydrogen) atoms.